The van der Waals surface area contributed by atoms with Crippen LogP contribution in [0, 0.1) is 10.1 Å². The monoisotopic (exact) mass is 456 g/mol. The van der Waals surface area contributed by atoms with E-state index in [2.05, 4.69) is 5.32 Å². The number of nitro benzene ring substituents is 1. The van der Waals surface area contributed by atoms with Gasteiger partial charge in [0.25, 0.3) is 11.6 Å². The Morgan fingerprint density at radius 3 is 2.64 bits per heavy atom. The van der Waals surface area contributed by atoms with Gasteiger partial charge in [0.05, 0.1) is 44.0 Å². The van der Waals surface area contributed by atoms with Crippen molar-refractivity contribution in [3.8, 4) is 17.2 Å². The fourth-order valence-electron chi connectivity index (χ4n) is 3.32. The number of methoxy groups -OCH3 is 1. The number of benzene rings is 2. The molecule has 2 aromatic carbocycles. The Balaban J connectivity index is 1.39. The molecule has 1 aliphatic rings. The second-order valence-corrected chi connectivity index (χ2v) is 7.13. The highest BCUT2D eigenvalue weighted by Gasteiger charge is 2.23. The fraction of sp³-hybridized carbons (Fsp3) is 0.273. The number of nitro groups is 1. The number of amides is 1. The number of carbonyl (C=O) groups is 2. The number of ether oxygens (including phenoxy) is 4. The molecular formula is C22H20N2O9. The van der Waals surface area contributed by atoms with Crippen LogP contribution in [0.15, 0.2) is 41.0 Å². The number of carbonyl (C=O) groups excluding carboxylic acids is 2. The Bertz CT molecular complexity index is 1220. The van der Waals surface area contributed by atoms with E-state index in [0.29, 0.717) is 36.5 Å². The first kappa shape index (κ1) is 21.9. The van der Waals surface area contributed by atoms with Crippen molar-refractivity contribution < 1.29 is 37.9 Å². The van der Waals surface area contributed by atoms with Gasteiger partial charge in [0.2, 0.25) is 0 Å². The van der Waals surface area contributed by atoms with Gasteiger partial charge in [-0.05, 0) is 12.1 Å². The van der Waals surface area contributed by atoms with Crippen LogP contribution < -0.4 is 19.5 Å². The second kappa shape index (κ2) is 9.47. The van der Waals surface area contributed by atoms with Crippen LogP contribution in [0.1, 0.15) is 12.0 Å². The Morgan fingerprint density at radius 2 is 1.91 bits per heavy atom. The molecule has 2 heterocycles. The molecule has 0 spiro atoms. The molecule has 3 aromatic rings. The predicted octanol–water partition coefficient (Wildman–Crippen LogP) is 3.24. The van der Waals surface area contributed by atoms with E-state index in [4.69, 9.17) is 23.4 Å². The summed E-state index contributed by atoms with van der Waals surface area (Å²) in [4.78, 5) is 35.3. The lowest BCUT2D eigenvalue weighted by atomic mass is 10.1. The molecule has 11 nitrogen and oxygen atoms in total. The third-order valence-corrected chi connectivity index (χ3v) is 4.90. The van der Waals surface area contributed by atoms with Crippen LogP contribution >= 0.6 is 0 Å². The molecule has 33 heavy (non-hydrogen) atoms. The number of nitrogens with one attached hydrogen (secondary N) is 1. The number of fused-ring (bicyclic) bond motifs is 2. The molecule has 0 saturated heterocycles. The first-order valence-electron chi connectivity index (χ1n) is 10.0. The van der Waals surface area contributed by atoms with Crippen molar-refractivity contribution in [1.82, 2.24) is 0 Å². The van der Waals surface area contributed by atoms with Crippen molar-refractivity contribution in [2.75, 3.05) is 32.2 Å². The van der Waals surface area contributed by atoms with E-state index >= 15 is 0 Å². The van der Waals surface area contributed by atoms with Crippen molar-refractivity contribution in [3.05, 3.63) is 52.3 Å². The quantitative estimate of drug-likeness (QED) is 0.322. The molecule has 4 rings (SSSR count). The first-order valence-corrected chi connectivity index (χ1v) is 10.0. The van der Waals surface area contributed by atoms with Crippen molar-refractivity contribution in [3.63, 3.8) is 0 Å². The normalized spacial score (nSPS) is 12.6. The number of furan rings is 1. The molecular weight excluding hydrogens is 436 g/mol. The molecule has 0 radical (unpaired) electrons. The fourth-order valence-corrected chi connectivity index (χ4v) is 3.32. The molecule has 1 N–H and O–H groups in total. The number of rotatable bonds is 7. The number of nitrogens with zero attached hydrogens (tertiary/aromatic N) is 1. The lowest BCUT2D eigenvalue weighted by Crippen LogP contribution is -2.22. The summed E-state index contributed by atoms with van der Waals surface area (Å²) in [6.45, 7) is 0.130. The Kier molecular flexibility index (Phi) is 6.29. The van der Waals surface area contributed by atoms with Gasteiger partial charge in [0.1, 0.15) is 17.0 Å². The van der Waals surface area contributed by atoms with Crippen LogP contribution in [0.25, 0.3) is 11.0 Å². The standard InChI is InChI=1S/C22H20N2O9/c1-29-14-3-4-15-13(11-32-18(15)8-14)7-22(26)33-12-21(25)23-16-9-19-20(10-17(16)24(27)28)31-6-2-5-30-19/h3-4,8-11H,2,5-7,12H2,1H3,(H,23,25). The summed E-state index contributed by atoms with van der Waals surface area (Å²) < 4.78 is 26.6. The molecule has 0 fully saturated rings. The van der Waals surface area contributed by atoms with Crippen molar-refractivity contribution in [2.24, 2.45) is 0 Å². The molecule has 1 aromatic heterocycles. The molecule has 11 heteroatoms. The Morgan fingerprint density at radius 1 is 1.15 bits per heavy atom. The van der Waals surface area contributed by atoms with Crippen LogP contribution in [-0.4, -0.2) is 43.7 Å². The summed E-state index contributed by atoms with van der Waals surface area (Å²) >= 11 is 0. The summed E-state index contributed by atoms with van der Waals surface area (Å²) in [7, 11) is 1.54. The predicted molar refractivity (Wildman–Crippen MR) is 115 cm³/mol. The maximum atomic E-state index is 12.3. The summed E-state index contributed by atoms with van der Waals surface area (Å²) in [5.41, 5.74) is 0.701. The molecule has 172 valence electrons. The molecule has 0 unspecified atom stereocenters. The molecule has 1 amide bonds. The van der Waals surface area contributed by atoms with Crippen LogP contribution in [-0.2, 0) is 20.7 Å². The van der Waals surface area contributed by atoms with E-state index < -0.39 is 23.4 Å². The van der Waals surface area contributed by atoms with E-state index in [1.807, 2.05) is 0 Å². The van der Waals surface area contributed by atoms with Crippen LogP contribution in [0.3, 0.4) is 0 Å². The van der Waals surface area contributed by atoms with E-state index in [-0.39, 0.29) is 29.3 Å². The average Bonchev–Trinajstić information content (AvgIpc) is 3.04. The zero-order valence-electron chi connectivity index (χ0n) is 17.6. The third kappa shape index (κ3) is 4.97. The van der Waals surface area contributed by atoms with Gasteiger partial charge in [0.15, 0.2) is 18.1 Å². The van der Waals surface area contributed by atoms with Gasteiger partial charge < -0.3 is 28.7 Å². The largest absolute Gasteiger partial charge is 0.497 e. The molecule has 0 aliphatic carbocycles. The minimum atomic E-state index is -0.734. The number of hydrogen-bond acceptors (Lipinski definition) is 9. The van der Waals surface area contributed by atoms with Gasteiger partial charge in [-0.25, -0.2) is 0 Å². The van der Waals surface area contributed by atoms with Gasteiger partial charge >= 0.3 is 5.97 Å². The van der Waals surface area contributed by atoms with Crippen LogP contribution in [0.4, 0.5) is 11.4 Å². The smallest absolute Gasteiger partial charge is 0.310 e. The number of anilines is 1. The van der Waals surface area contributed by atoms with Crippen LogP contribution in [0.2, 0.25) is 0 Å². The minimum Gasteiger partial charge on any atom is -0.497 e. The lowest BCUT2D eigenvalue weighted by molar-refractivity contribution is -0.384. The van der Waals surface area contributed by atoms with E-state index in [1.165, 1.54) is 25.5 Å². The third-order valence-electron chi connectivity index (χ3n) is 4.90. The molecule has 0 atom stereocenters. The van der Waals surface area contributed by atoms with E-state index in [0.717, 1.165) is 5.39 Å². The maximum Gasteiger partial charge on any atom is 0.310 e. The molecule has 0 bridgehead atoms. The van der Waals surface area contributed by atoms with Crippen molar-refractivity contribution in [1.29, 1.82) is 0 Å². The maximum absolute atomic E-state index is 12.3. The van der Waals surface area contributed by atoms with Crippen molar-refractivity contribution in [2.45, 2.75) is 12.8 Å². The highest BCUT2D eigenvalue weighted by molar-refractivity contribution is 5.96. The van der Waals surface area contributed by atoms with Gasteiger partial charge in [-0.2, -0.15) is 0 Å². The van der Waals surface area contributed by atoms with Crippen LogP contribution in [0.5, 0.6) is 17.2 Å². The SMILES string of the molecule is COc1ccc2c(CC(=O)OCC(=O)Nc3cc4c(cc3[N+](=O)[O-])OCCCO4)coc2c1. The Labute approximate surface area is 187 Å². The van der Waals surface area contributed by atoms with Gasteiger partial charge in [-0.1, -0.05) is 0 Å². The first-order chi connectivity index (χ1) is 15.9. The summed E-state index contributed by atoms with van der Waals surface area (Å²) in [6.07, 6.45) is 1.95. The van der Waals surface area contributed by atoms with Gasteiger partial charge in [-0.15, -0.1) is 0 Å². The highest BCUT2D eigenvalue weighted by Crippen LogP contribution is 2.39. The van der Waals surface area contributed by atoms with Gasteiger partial charge in [0, 0.05) is 29.5 Å². The van der Waals surface area contributed by atoms with E-state index in [1.54, 1.807) is 18.2 Å². The summed E-state index contributed by atoms with van der Waals surface area (Å²) in [6, 6.07) is 7.71. The number of hydrogen-bond donors (Lipinski definition) is 1. The average molecular weight is 456 g/mol. The Hall–Kier alpha value is -4.28. The minimum absolute atomic E-state index is 0.0833. The second-order valence-electron chi connectivity index (χ2n) is 7.13. The zero-order valence-corrected chi connectivity index (χ0v) is 17.6. The zero-order chi connectivity index (χ0) is 23.4. The molecule has 0 saturated carbocycles. The topological polar surface area (TPSA) is 139 Å². The summed E-state index contributed by atoms with van der Waals surface area (Å²) in [5, 5.41) is 14.5. The summed E-state index contributed by atoms with van der Waals surface area (Å²) in [5.74, 6) is -0.256. The van der Waals surface area contributed by atoms with Crippen molar-refractivity contribution >= 4 is 34.2 Å². The van der Waals surface area contributed by atoms with E-state index in [9.17, 15) is 19.7 Å². The van der Waals surface area contributed by atoms with Gasteiger partial charge in [-0.3, -0.25) is 19.7 Å². The molecule has 1 aliphatic heterocycles. The number of esters is 1. The lowest BCUT2D eigenvalue weighted by Gasteiger charge is -2.11. The highest BCUT2D eigenvalue weighted by atomic mass is 16.6.